The monoisotopic (exact) mass is 413 g/mol. The summed E-state index contributed by atoms with van der Waals surface area (Å²) in [6, 6.07) is 11.7. The second kappa shape index (κ2) is 9.04. The van der Waals surface area contributed by atoms with Crippen LogP contribution in [0.15, 0.2) is 42.5 Å². The van der Waals surface area contributed by atoms with Gasteiger partial charge in [-0.05, 0) is 56.2 Å². The van der Waals surface area contributed by atoms with E-state index in [1.165, 1.54) is 6.92 Å². The number of benzene rings is 2. The average Bonchev–Trinajstić information content (AvgIpc) is 3.44. The standard InChI is InChI=1S/C22H23NO7/c1-14(21(24)23-16-6-9-19-20(11-16)29-13-28-19)30-22(25)15-4-7-17(8-5-15)27-12-18-3-2-10-26-18/h4-9,11,14,18H,2-3,10,12-13H2,1H3,(H,23,24)/t14-,18-/m1/s1. The van der Waals surface area contributed by atoms with Gasteiger partial charge in [-0.15, -0.1) is 0 Å². The molecule has 158 valence electrons. The molecule has 1 fully saturated rings. The molecule has 4 rings (SSSR count). The van der Waals surface area contributed by atoms with E-state index in [1.54, 1.807) is 42.5 Å². The molecular weight excluding hydrogens is 390 g/mol. The third-order valence-corrected chi connectivity index (χ3v) is 4.84. The molecule has 0 aromatic heterocycles. The Morgan fingerprint density at radius 1 is 1.13 bits per heavy atom. The van der Waals surface area contributed by atoms with E-state index < -0.39 is 18.0 Å². The van der Waals surface area contributed by atoms with Crippen LogP contribution in [0.4, 0.5) is 5.69 Å². The summed E-state index contributed by atoms with van der Waals surface area (Å²) >= 11 is 0. The topological polar surface area (TPSA) is 92.3 Å². The van der Waals surface area contributed by atoms with Crippen molar-refractivity contribution in [1.82, 2.24) is 0 Å². The molecule has 2 aromatic carbocycles. The predicted octanol–water partition coefficient (Wildman–Crippen LogP) is 3.16. The Labute approximate surface area is 174 Å². The fourth-order valence-corrected chi connectivity index (χ4v) is 3.15. The van der Waals surface area contributed by atoms with Gasteiger partial charge in [-0.25, -0.2) is 4.79 Å². The van der Waals surface area contributed by atoms with E-state index in [2.05, 4.69) is 5.32 Å². The molecule has 2 aliphatic rings. The minimum absolute atomic E-state index is 0.124. The SMILES string of the molecule is C[C@@H](OC(=O)c1ccc(OC[C@H]2CCCO2)cc1)C(=O)Nc1ccc2c(c1)OCO2. The molecule has 1 amide bonds. The molecule has 8 heteroatoms. The van der Waals surface area contributed by atoms with Crippen LogP contribution in [-0.2, 0) is 14.3 Å². The highest BCUT2D eigenvalue weighted by Gasteiger charge is 2.21. The van der Waals surface area contributed by atoms with Crippen molar-refractivity contribution in [2.24, 2.45) is 0 Å². The van der Waals surface area contributed by atoms with Crippen LogP contribution in [0.1, 0.15) is 30.1 Å². The van der Waals surface area contributed by atoms with Crippen LogP contribution >= 0.6 is 0 Å². The number of amides is 1. The Hall–Kier alpha value is -3.26. The first-order valence-corrected chi connectivity index (χ1v) is 9.84. The second-order valence-corrected chi connectivity index (χ2v) is 7.08. The highest BCUT2D eigenvalue weighted by molar-refractivity contribution is 5.97. The molecule has 0 aliphatic carbocycles. The first kappa shape index (κ1) is 20.0. The Kier molecular flexibility index (Phi) is 6.04. The van der Waals surface area contributed by atoms with Crippen LogP contribution in [0.2, 0.25) is 0 Å². The van der Waals surface area contributed by atoms with Crippen molar-refractivity contribution in [3.63, 3.8) is 0 Å². The van der Waals surface area contributed by atoms with Crippen molar-refractivity contribution < 1.29 is 33.3 Å². The molecule has 2 atom stereocenters. The first-order valence-electron chi connectivity index (χ1n) is 9.84. The van der Waals surface area contributed by atoms with Crippen LogP contribution in [-0.4, -0.2) is 44.1 Å². The molecule has 2 aliphatic heterocycles. The highest BCUT2D eigenvalue weighted by Crippen LogP contribution is 2.34. The fourth-order valence-electron chi connectivity index (χ4n) is 3.15. The van der Waals surface area contributed by atoms with E-state index in [-0.39, 0.29) is 12.9 Å². The van der Waals surface area contributed by atoms with Gasteiger partial charge in [0.05, 0.1) is 11.7 Å². The molecule has 1 N–H and O–H groups in total. The molecule has 0 saturated carbocycles. The van der Waals surface area contributed by atoms with Crippen molar-refractivity contribution in [1.29, 1.82) is 0 Å². The number of anilines is 1. The lowest BCUT2D eigenvalue weighted by atomic mass is 10.2. The molecule has 30 heavy (non-hydrogen) atoms. The number of carbonyl (C=O) groups is 2. The summed E-state index contributed by atoms with van der Waals surface area (Å²) in [7, 11) is 0. The van der Waals surface area contributed by atoms with Crippen molar-refractivity contribution in [2.75, 3.05) is 25.3 Å². The predicted molar refractivity (Wildman–Crippen MR) is 107 cm³/mol. The Bertz CT molecular complexity index is 906. The lowest BCUT2D eigenvalue weighted by molar-refractivity contribution is -0.123. The van der Waals surface area contributed by atoms with Gasteiger partial charge in [0, 0.05) is 18.4 Å². The van der Waals surface area contributed by atoms with Crippen molar-refractivity contribution in [3.8, 4) is 17.2 Å². The van der Waals surface area contributed by atoms with Gasteiger partial charge in [-0.2, -0.15) is 0 Å². The summed E-state index contributed by atoms with van der Waals surface area (Å²) in [4.78, 5) is 24.7. The lowest BCUT2D eigenvalue weighted by Gasteiger charge is -2.14. The summed E-state index contributed by atoms with van der Waals surface area (Å²) < 4.78 is 27.0. The first-order chi connectivity index (χ1) is 14.6. The summed E-state index contributed by atoms with van der Waals surface area (Å²) in [5.74, 6) is 0.790. The number of rotatable bonds is 7. The zero-order chi connectivity index (χ0) is 20.9. The molecule has 1 saturated heterocycles. The quantitative estimate of drug-likeness (QED) is 0.697. The van der Waals surface area contributed by atoms with Gasteiger partial charge in [0.1, 0.15) is 12.4 Å². The number of hydrogen-bond donors (Lipinski definition) is 1. The van der Waals surface area contributed by atoms with Gasteiger partial charge >= 0.3 is 5.97 Å². The van der Waals surface area contributed by atoms with Crippen molar-refractivity contribution >= 4 is 17.6 Å². The van der Waals surface area contributed by atoms with Crippen LogP contribution in [0.5, 0.6) is 17.2 Å². The van der Waals surface area contributed by atoms with Gasteiger partial charge in [0.2, 0.25) is 6.79 Å². The number of hydrogen-bond acceptors (Lipinski definition) is 7. The van der Waals surface area contributed by atoms with Crippen molar-refractivity contribution in [3.05, 3.63) is 48.0 Å². The van der Waals surface area contributed by atoms with Crippen LogP contribution in [0.25, 0.3) is 0 Å². The lowest BCUT2D eigenvalue weighted by Crippen LogP contribution is -2.30. The van der Waals surface area contributed by atoms with Crippen LogP contribution < -0.4 is 19.5 Å². The summed E-state index contributed by atoms with van der Waals surface area (Å²) in [6.45, 7) is 2.93. The van der Waals surface area contributed by atoms with E-state index in [0.29, 0.717) is 35.1 Å². The number of carbonyl (C=O) groups excluding carboxylic acids is 2. The maximum atomic E-state index is 12.4. The maximum Gasteiger partial charge on any atom is 0.338 e. The van der Waals surface area contributed by atoms with Gasteiger partial charge < -0.3 is 29.0 Å². The fraction of sp³-hybridized carbons (Fsp3) is 0.364. The largest absolute Gasteiger partial charge is 0.491 e. The van der Waals surface area contributed by atoms with Crippen LogP contribution in [0.3, 0.4) is 0 Å². The number of nitrogens with one attached hydrogen (secondary N) is 1. The number of fused-ring (bicyclic) bond motifs is 1. The van der Waals surface area contributed by atoms with Gasteiger partial charge in [-0.1, -0.05) is 0 Å². The normalized spacial score (nSPS) is 18.0. The molecule has 0 bridgehead atoms. The van der Waals surface area contributed by atoms with E-state index in [4.69, 9.17) is 23.7 Å². The molecule has 0 spiro atoms. The maximum absolute atomic E-state index is 12.4. The highest BCUT2D eigenvalue weighted by atomic mass is 16.7. The smallest absolute Gasteiger partial charge is 0.338 e. The zero-order valence-corrected chi connectivity index (χ0v) is 16.6. The minimum Gasteiger partial charge on any atom is -0.491 e. The Balaban J connectivity index is 1.27. The van der Waals surface area contributed by atoms with Gasteiger partial charge in [0.25, 0.3) is 5.91 Å². The zero-order valence-electron chi connectivity index (χ0n) is 16.6. The van der Waals surface area contributed by atoms with Gasteiger partial charge in [0.15, 0.2) is 17.6 Å². The third-order valence-electron chi connectivity index (χ3n) is 4.84. The Morgan fingerprint density at radius 2 is 1.93 bits per heavy atom. The molecule has 0 radical (unpaired) electrons. The molecule has 0 unspecified atom stereocenters. The number of ether oxygens (including phenoxy) is 5. The number of esters is 1. The molecule has 2 heterocycles. The van der Waals surface area contributed by atoms with E-state index in [1.807, 2.05) is 0 Å². The van der Waals surface area contributed by atoms with Crippen molar-refractivity contribution in [2.45, 2.75) is 32.0 Å². The van der Waals surface area contributed by atoms with E-state index in [0.717, 1.165) is 19.4 Å². The van der Waals surface area contributed by atoms with Gasteiger partial charge in [-0.3, -0.25) is 4.79 Å². The summed E-state index contributed by atoms with van der Waals surface area (Å²) in [5.41, 5.74) is 0.863. The average molecular weight is 413 g/mol. The molecule has 8 nitrogen and oxygen atoms in total. The second-order valence-electron chi connectivity index (χ2n) is 7.08. The molecule has 2 aromatic rings. The molecular formula is C22H23NO7. The Morgan fingerprint density at radius 3 is 2.70 bits per heavy atom. The van der Waals surface area contributed by atoms with Crippen LogP contribution in [0, 0.1) is 0 Å². The van der Waals surface area contributed by atoms with E-state index >= 15 is 0 Å². The summed E-state index contributed by atoms with van der Waals surface area (Å²) in [6.07, 6.45) is 1.20. The minimum atomic E-state index is -0.974. The van der Waals surface area contributed by atoms with E-state index in [9.17, 15) is 9.59 Å². The third kappa shape index (κ3) is 4.83. The summed E-state index contributed by atoms with van der Waals surface area (Å²) in [5, 5.41) is 2.70.